The van der Waals surface area contributed by atoms with Gasteiger partial charge in [-0.3, -0.25) is 0 Å². The van der Waals surface area contributed by atoms with E-state index in [-0.39, 0.29) is 5.33 Å². The van der Waals surface area contributed by atoms with Gasteiger partial charge in [0.1, 0.15) is 17.5 Å². The van der Waals surface area contributed by atoms with Gasteiger partial charge < -0.3 is 4.57 Å². The minimum absolute atomic E-state index is 0.232. The molecule has 0 atom stereocenters. The maximum Gasteiger partial charge on any atom is 0.434 e. The van der Waals surface area contributed by atoms with Crippen LogP contribution in [0.1, 0.15) is 11.3 Å². The van der Waals surface area contributed by atoms with Gasteiger partial charge in [-0.1, -0.05) is 15.9 Å². The SMILES string of the molecule is Cn1cc(C(F)(F)F)nc1-c1c(F)cc(CBr)cc1F. The van der Waals surface area contributed by atoms with Crippen LogP contribution in [0.25, 0.3) is 11.4 Å². The highest BCUT2D eigenvalue weighted by atomic mass is 79.9. The Kier molecular flexibility index (Phi) is 3.86. The van der Waals surface area contributed by atoms with E-state index in [0.717, 1.165) is 16.7 Å². The van der Waals surface area contributed by atoms with Crippen molar-refractivity contribution in [2.75, 3.05) is 0 Å². The summed E-state index contributed by atoms with van der Waals surface area (Å²) >= 11 is 3.05. The summed E-state index contributed by atoms with van der Waals surface area (Å²) in [7, 11) is 1.24. The van der Waals surface area contributed by atoms with Gasteiger partial charge in [0.2, 0.25) is 0 Å². The van der Waals surface area contributed by atoms with Gasteiger partial charge in [0, 0.05) is 18.6 Å². The lowest BCUT2D eigenvalue weighted by molar-refractivity contribution is -0.140. The molecule has 0 saturated carbocycles. The third-order valence-electron chi connectivity index (χ3n) is 2.65. The van der Waals surface area contributed by atoms with E-state index in [9.17, 15) is 22.0 Å². The predicted molar refractivity (Wildman–Crippen MR) is 66.2 cm³/mol. The Hall–Kier alpha value is -1.44. The second-order valence-corrected chi connectivity index (χ2v) is 4.69. The van der Waals surface area contributed by atoms with Crippen molar-refractivity contribution >= 4 is 15.9 Å². The van der Waals surface area contributed by atoms with Crippen LogP contribution in [0.4, 0.5) is 22.0 Å². The van der Waals surface area contributed by atoms with Crippen LogP contribution in [-0.4, -0.2) is 9.55 Å². The molecule has 0 radical (unpaired) electrons. The quantitative estimate of drug-likeness (QED) is 0.581. The molecule has 2 rings (SSSR count). The van der Waals surface area contributed by atoms with Gasteiger partial charge in [0.15, 0.2) is 5.69 Å². The summed E-state index contributed by atoms with van der Waals surface area (Å²) in [6.07, 6.45) is -3.98. The molecule has 108 valence electrons. The number of halogens is 6. The van der Waals surface area contributed by atoms with Crippen LogP contribution >= 0.6 is 15.9 Å². The molecule has 0 aliphatic rings. The van der Waals surface area contributed by atoms with E-state index in [2.05, 4.69) is 20.9 Å². The van der Waals surface area contributed by atoms with Crippen molar-refractivity contribution in [1.82, 2.24) is 9.55 Å². The molecule has 2 nitrogen and oxygen atoms in total. The number of nitrogens with zero attached hydrogens (tertiary/aromatic N) is 2. The fourth-order valence-corrected chi connectivity index (χ4v) is 2.08. The van der Waals surface area contributed by atoms with Crippen molar-refractivity contribution in [3.63, 3.8) is 0 Å². The number of hydrogen-bond acceptors (Lipinski definition) is 1. The number of alkyl halides is 4. The zero-order chi connectivity index (χ0) is 15.1. The van der Waals surface area contributed by atoms with E-state index < -0.39 is 34.9 Å². The predicted octanol–water partition coefficient (Wildman–Crippen LogP) is 4.28. The van der Waals surface area contributed by atoms with Gasteiger partial charge in [-0.25, -0.2) is 13.8 Å². The van der Waals surface area contributed by atoms with E-state index in [0.29, 0.717) is 11.8 Å². The normalized spacial score (nSPS) is 11.9. The summed E-state index contributed by atoms with van der Waals surface area (Å²) < 4.78 is 66.3. The van der Waals surface area contributed by atoms with Gasteiger partial charge in [-0.15, -0.1) is 0 Å². The van der Waals surface area contributed by atoms with Gasteiger partial charge in [0.05, 0.1) is 5.56 Å². The minimum atomic E-state index is -4.67. The molecule has 0 aliphatic heterocycles. The molecule has 2 aromatic rings. The van der Waals surface area contributed by atoms with Gasteiger partial charge in [0.25, 0.3) is 0 Å². The van der Waals surface area contributed by atoms with Crippen LogP contribution in [0, 0.1) is 11.6 Å². The smallest absolute Gasteiger partial charge is 0.333 e. The molecule has 0 bridgehead atoms. The lowest BCUT2D eigenvalue weighted by atomic mass is 10.1. The summed E-state index contributed by atoms with van der Waals surface area (Å²) in [5.74, 6) is -2.32. The van der Waals surface area contributed by atoms with E-state index in [1.807, 2.05) is 0 Å². The first-order valence-electron chi connectivity index (χ1n) is 5.39. The van der Waals surface area contributed by atoms with Crippen LogP contribution in [0.15, 0.2) is 18.3 Å². The van der Waals surface area contributed by atoms with Crippen LogP contribution in [0.3, 0.4) is 0 Å². The Labute approximate surface area is 119 Å². The fraction of sp³-hybridized carbons (Fsp3) is 0.250. The molecule has 0 spiro atoms. The molecule has 8 heteroatoms. The summed E-state index contributed by atoms with van der Waals surface area (Å²) in [6, 6.07) is 2.10. The molecule has 0 unspecified atom stereocenters. The number of aromatic nitrogens is 2. The lowest BCUT2D eigenvalue weighted by Gasteiger charge is -2.07. The highest BCUT2D eigenvalue weighted by molar-refractivity contribution is 9.08. The molecule has 1 aromatic heterocycles. The molecule has 1 heterocycles. The molecule has 0 N–H and O–H groups in total. The third-order valence-corrected chi connectivity index (χ3v) is 3.29. The number of imidazole rings is 1. The van der Waals surface area contributed by atoms with Crippen LogP contribution in [0.2, 0.25) is 0 Å². The highest BCUT2D eigenvalue weighted by Crippen LogP contribution is 2.32. The van der Waals surface area contributed by atoms with E-state index in [4.69, 9.17) is 0 Å². The van der Waals surface area contributed by atoms with E-state index in [1.165, 1.54) is 7.05 Å². The fourth-order valence-electron chi connectivity index (χ4n) is 1.75. The lowest BCUT2D eigenvalue weighted by Crippen LogP contribution is -2.05. The van der Waals surface area contributed by atoms with Crippen molar-refractivity contribution < 1.29 is 22.0 Å². The maximum atomic E-state index is 13.9. The first-order valence-corrected chi connectivity index (χ1v) is 6.51. The molecule has 0 fully saturated rings. The Morgan fingerprint density at radius 2 is 1.75 bits per heavy atom. The third kappa shape index (κ3) is 2.70. The zero-order valence-corrected chi connectivity index (χ0v) is 11.7. The average Bonchev–Trinajstić information content (AvgIpc) is 2.70. The van der Waals surface area contributed by atoms with Crippen LogP contribution in [0.5, 0.6) is 0 Å². The van der Waals surface area contributed by atoms with Crippen molar-refractivity contribution in [2.24, 2.45) is 7.05 Å². The zero-order valence-electron chi connectivity index (χ0n) is 10.1. The molecule has 1 aromatic carbocycles. The Morgan fingerprint density at radius 3 is 2.15 bits per heavy atom. The average molecular weight is 355 g/mol. The van der Waals surface area contributed by atoms with Gasteiger partial charge in [-0.05, 0) is 17.7 Å². The van der Waals surface area contributed by atoms with Gasteiger partial charge >= 0.3 is 6.18 Å². The molecule has 0 amide bonds. The van der Waals surface area contributed by atoms with Crippen LogP contribution < -0.4 is 0 Å². The number of benzene rings is 1. The highest BCUT2D eigenvalue weighted by Gasteiger charge is 2.35. The molecule has 0 aliphatic carbocycles. The van der Waals surface area contributed by atoms with Crippen molar-refractivity contribution in [3.8, 4) is 11.4 Å². The van der Waals surface area contributed by atoms with Crippen LogP contribution in [-0.2, 0) is 18.6 Å². The maximum absolute atomic E-state index is 13.9. The van der Waals surface area contributed by atoms with Gasteiger partial charge in [-0.2, -0.15) is 13.2 Å². The van der Waals surface area contributed by atoms with E-state index >= 15 is 0 Å². The molecule has 20 heavy (non-hydrogen) atoms. The van der Waals surface area contributed by atoms with Crippen molar-refractivity contribution in [3.05, 3.63) is 41.2 Å². The summed E-state index contributed by atoms with van der Waals surface area (Å²) in [6.45, 7) is 0. The van der Waals surface area contributed by atoms with E-state index in [1.54, 1.807) is 0 Å². The van der Waals surface area contributed by atoms with Crippen molar-refractivity contribution in [2.45, 2.75) is 11.5 Å². The summed E-state index contributed by atoms with van der Waals surface area (Å²) in [5.41, 5.74) is -1.43. The molecular weight excluding hydrogens is 347 g/mol. The Bertz CT molecular complexity index is 625. The summed E-state index contributed by atoms with van der Waals surface area (Å²) in [4.78, 5) is 3.27. The largest absolute Gasteiger partial charge is 0.434 e. The minimum Gasteiger partial charge on any atom is -0.333 e. The molecular formula is C12H8BrF5N2. The van der Waals surface area contributed by atoms with Crippen molar-refractivity contribution in [1.29, 1.82) is 0 Å². The first-order chi connectivity index (χ1) is 9.24. The monoisotopic (exact) mass is 354 g/mol. The second kappa shape index (κ2) is 5.16. The Balaban J connectivity index is 2.61. The Morgan fingerprint density at radius 1 is 1.20 bits per heavy atom. The summed E-state index contributed by atoms with van der Waals surface area (Å²) in [5, 5.41) is 0.232. The topological polar surface area (TPSA) is 17.8 Å². The first kappa shape index (κ1) is 15.0. The standard InChI is InChI=1S/C12H8BrF5N2/c1-20-5-9(12(16,17)18)19-11(20)10-7(14)2-6(4-13)3-8(10)15/h2-3,5H,4H2,1H3. The molecule has 0 saturated heterocycles. The number of rotatable bonds is 2. The second-order valence-electron chi connectivity index (χ2n) is 4.13. The number of hydrogen-bond donors (Lipinski definition) is 0. The number of aryl methyl sites for hydroxylation is 1.